The van der Waals surface area contributed by atoms with Crippen molar-refractivity contribution < 1.29 is 19.1 Å². The summed E-state index contributed by atoms with van der Waals surface area (Å²) in [6.07, 6.45) is 1.97. The van der Waals surface area contributed by atoms with Crippen LogP contribution in [0.5, 0.6) is 11.5 Å². The third-order valence-electron chi connectivity index (χ3n) is 5.25. The fourth-order valence-corrected chi connectivity index (χ4v) is 4.13. The average Bonchev–Trinajstić information content (AvgIpc) is 3.34. The normalized spacial score (nSPS) is 16.8. The first-order chi connectivity index (χ1) is 14.1. The number of imide groups is 1. The van der Waals surface area contributed by atoms with Crippen LogP contribution in [0.4, 0.5) is 5.69 Å². The molecule has 0 unspecified atom stereocenters. The van der Waals surface area contributed by atoms with Gasteiger partial charge in [-0.05, 0) is 37.1 Å². The van der Waals surface area contributed by atoms with Crippen LogP contribution in [0.2, 0.25) is 5.02 Å². The maximum atomic E-state index is 13.5. The Labute approximate surface area is 174 Å². The van der Waals surface area contributed by atoms with Gasteiger partial charge < -0.3 is 14.4 Å². The summed E-state index contributed by atoms with van der Waals surface area (Å²) >= 11 is 6.25. The molecule has 2 aliphatic rings. The molecule has 7 heteroatoms. The number of nitrogens with zero attached hydrogens (tertiary/aromatic N) is 2. The van der Waals surface area contributed by atoms with E-state index in [-0.39, 0.29) is 11.8 Å². The lowest BCUT2D eigenvalue weighted by atomic mass is 10.0. The Morgan fingerprint density at radius 2 is 1.59 bits per heavy atom. The SMILES string of the molecule is COc1ccc(N2C(=O)C(c3ccccc3OC)=C(N3CCCC3)C2=O)cc1Cl. The van der Waals surface area contributed by atoms with Crippen LogP contribution in [0.25, 0.3) is 5.57 Å². The van der Waals surface area contributed by atoms with Crippen LogP contribution in [0, 0.1) is 0 Å². The summed E-state index contributed by atoms with van der Waals surface area (Å²) in [5.74, 6) is 0.295. The lowest BCUT2D eigenvalue weighted by Gasteiger charge is -2.20. The Balaban J connectivity index is 1.85. The second-order valence-corrected chi connectivity index (χ2v) is 7.29. The highest BCUT2D eigenvalue weighted by Crippen LogP contribution is 2.40. The number of amides is 2. The molecular weight excluding hydrogens is 392 g/mol. The molecule has 1 fully saturated rings. The molecule has 2 aliphatic heterocycles. The van der Waals surface area contributed by atoms with Gasteiger partial charge in [-0.3, -0.25) is 9.59 Å². The number of carbonyl (C=O) groups is 2. The second kappa shape index (κ2) is 7.79. The number of rotatable bonds is 5. The molecule has 150 valence electrons. The molecule has 29 heavy (non-hydrogen) atoms. The van der Waals surface area contributed by atoms with E-state index in [1.54, 1.807) is 37.4 Å². The minimum Gasteiger partial charge on any atom is -0.496 e. The minimum atomic E-state index is -0.386. The van der Waals surface area contributed by atoms with Gasteiger partial charge in [0, 0.05) is 18.7 Å². The number of benzene rings is 2. The van der Waals surface area contributed by atoms with E-state index in [0.717, 1.165) is 25.9 Å². The van der Waals surface area contributed by atoms with Gasteiger partial charge in [-0.15, -0.1) is 0 Å². The Kier molecular flexibility index (Phi) is 5.20. The molecular formula is C22H21ClN2O4. The minimum absolute atomic E-state index is 0.332. The lowest BCUT2D eigenvalue weighted by molar-refractivity contribution is -0.120. The molecule has 0 atom stereocenters. The van der Waals surface area contributed by atoms with Gasteiger partial charge in [0.15, 0.2) is 0 Å². The van der Waals surface area contributed by atoms with Gasteiger partial charge in [-0.2, -0.15) is 0 Å². The van der Waals surface area contributed by atoms with Crippen molar-refractivity contribution in [3.63, 3.8) is 0 Å². The van der Waals surface area contributed by atoms with E-state index >= 15 is 0 Å². The Hall–Kier alpha value is -2.99. The average molecular weight is 413 g/mol. The molecule has 2 amide bonds. The van der Waals surface area contributed by atoms with E-state index in [1.165, 1.54) is 12.0 Å². The molecule has 4 rings (SSSR count). The summed E-state index contributed by atoms with van der Waals surface area (Å²) in [6, 6.07) is 12.1. The number of ether oxygens (including phenoxy) is 2. The zero-order valence-corrected chi connectivity index (χ0v) is 17.0. The summed E-state index contributed by atoms with van der Waals surface area (Å²) in [6.45, 7) is 1.48. The number of hydrogen-bond donors (Lipinski definition) is 0. The van der Waals surface area contributed by atoms with Gasteiger partial charge in [0.1, 0.15) is 17.2 Å². The van der Waals surface area contributed by atoms with Crippen molar-refractivity contribution >= 4 is 34.7 Å². The van der Waals surface area contributed by atoms with Crippen LogP contribution in [0.1, 0.15) is 18.4 Å². The molecule has 0 aromatic heterocycles. The highest BCUT2D eigenvalue weighted by atomic mass is 35.5. The maximum absolute atomic E-state index is 13.5. The van der Waals surface area contributed by atoms with Gasteiger partial charge in [0.2, 0.25) is 0 Å². The van der Waals surface area contributed by atoms with E-state index in [4.69, 9.17) is 21.1 Å². The fraction of sp³-hybridized carbons (Fsp3) is 0.273. The van der Waals surface area contributed by atoms with Crippen molar-refractivity contribution in [1.82, 2.24) is 4.90 Å². The molecule has 2 heterocycles. The van der Waals surface area contributed by atoms with Crippen molar-refractivity contribution in [1.29, 1.82) is 0 Å². The number of anilines is 1. The number of halogens is 1. The third kappa shape index (κ3) is 3.23. The molecule has 0 bridgehead atoms. The number of carbonyl (C=O) groups excluding carboxylic acids is 2. The van der Waals surface area contributed by atoms with Crippen LogP contribution < -0.4 is 14.4 Å². The molecule has 0 spiro atoms. The van der Waals surface area contributed by atoms with Crippen LogP contribution in [-0.4, -0.2) is 44.0 Å². The number of hydrogen-bond acceptors (Lipinski definition) is 5. The zero-order valence-electron chi connectivity index (χ0n) is 16.3. The molecule has 1 saturated heterocycles. The predicted octanol–water partition coefficient (Wildman–Crippen LogP) is 3.74. The van der Waals surface area contributed by atoms with Gasteiger partial charge >= 0.3 is 0 Å². The first-order valence-electron chi connectivity index (χ1n) is 9.41. The van der Waals surface area contributed by atoms with Gasteiger partial charge in [-0.25, -0.2) is 4.90 Å². The first-order valence-corrected chi connectivity index (χ1v) is 9.79. The van der Waals surface area contributed by atoms with Crippen LogP contribution in [0.3, 0.4) is 0 Å². The van der Waals surface area contributed by atoms with Crippen molar-refractivity contribution in [2.75, 3.05) is 32.2 Å². The summed E-state index contributed by atoms with van der Waals surface area (Å²) in [7, 11) is 3.07. The van der Waals surface area contributed by atoms with Gasteiger partial charge in [0.05, 0.1) is 30.5 Å². The molecule has 0 radical (unpaired) electrons. The Bertz CT molecular complexity index is 1010. The fourth-order valence-electron chi connectivity index (χ4n) is 3.88. The van der Waals surface area contributed by atoms with Crippen molar-refractivity contribution in [2.45, 2.75) is 12.8 Å². The summed E-state index contributed by atoms with van der Waals surface area (Å²) < 4.78 is 10.7. The van der Waals surface area contributed by atoms with Crippen LogP contribution >= 0.6 is 11.6 Å². The maximum Gasteiger partial charge on any atom is 0.282 e. The van der Waals surface area contributed by atoms with E-state index in [1.807, 2.05) is 17.0 Å². The monoisotopic (exact) mass is 412 g/mol. The summed E-state index contributed by atoms with van der Waals surface area (Å²) in [5.41, 5.74) is 1.80. The van der Waals surface area contributed by atoms with Crippen molar-refractivity contribution in [3.05, 3.63) is 58.7 Å². The summed E-state index contributed by atoms with van der Waals surface area (Å²) in [4.78, 5) is 30.1. The van der Waals surface area contributed by atoms with Gasteiger partial charge in [-0.1, -0.05) is 29.8 Å². The number of para-hydroxylation sites is 1. The van der Waals surface area contributed by atoms with E-state index in [2.05, 4.69) is 0 Å². The van der Waals surface area contributed by atoms with Crippen LogP contribution in [-0.2, 0) is 9.59 Å². The standard InChI is InChI=1S/C22H21ClN2O4/c1-28-17-8-4-3-7-15(17)19-20(24-11-5-6-12-24)22(27)25(21(19)26)14-9-10-18(29-2)16(23)13-14/h3-4,7-10,13H,5-6,11-12H2,1-2H3. The zero-order chi connectivity index (χ0) is 20.5. The third-order valence-corrected chi connectivity index (χ3v) is 5.55. The molecule has 0 N–H and O–H groups in total. The Morgan fingerprint density at radius 3 is 2.24 bits per heavy atom. The number of likely N-dealkylation sites (tertiary alicyclic amines) is 1. The van der Waals surface area contributed by atoms with Crippen molar-refractivity contribution in [3.8, 4) is 11.5 Å². The second-order valence-electron chi connectivity index (χ2n) is 6.88. The van der Waals surface area contributed by atoms with E-state index < -0.39 is 0 Å². The highest BCUT2D eigenvalue weighted by molar-refractivity contribution is 6.46. The highest BCUT2D eigenvalue weighted by Gasteiger charge is 2.43. The molecule has 0 aliphatic carbocycles. The van der Waals surface area contributed by atoms with Gasteiger partial charge in [0.25, 0.3) is 11.8 Å². The van der Waals surface area contributed by atoms with E-state index in [9.17, 15) is 9.59 Å². The van der Waals surface area contributed by atoms with E-state index in [0.29, 0.717) is 39.0 Å². The topological polar surface area (TPSA) is 59.1 Å². The largest absolute Gasteiger partial charge is 0.496 e. The predicted molar refractivity (Wildman–Crippen MR) is 111 cm³/mol. The molecule has 2 aromatic rings. The number of methoxy groups -OCH3 is 2. The lowest BCUT2D eigenvalue weighted by Crippen LogP contribution is -2.34. The van der Waals surface area contributed by atoms with Crippen LogP contribution in [0.15, 0.2) is 48.2 Å². The molecule has 6 nitrogen and oxygen atoms in total. The Morgan fingerprint density at radius 1 is 0.897 bits per heavy atom. The molecule has 2 aromatic carbocycles. The molecule has 0 saturated carbocycles. The smallest absolute Gasteiger partial charge is 0.282 e. The summed E-state index contributed by atoms with van der Waals surface area (Å²) in [5, 5.41) is 0.332. The van der Waals surface area contributed by atoms with Crippen molar-refractivity contribution in [2.24, 2.45) is 0 Å². The quantitative estimate of drug-likeness (QED) is 0.700. The first kappa shape index (κ1) is 19.3.